The van der Waals surface area contributed by atoms with Crippen LogP contribution in [0.1, 0.15) is 37.8 Å². The van der Waals surface area contributed by atoms with Crippen molar-refractivity contribution in [2.24, 2.45) is 5.73 Å². The third-order valence-electron chi connectivity index (χ3n) is 4.00. The van der Waals surface area contributed by atoms with Crippen molar-refractivity contribution in [1.82, 2.24) is 0 Å². The van der Waals surface area contributed by atoms with Crippen LogP contribution < -0.4 is 15.2 Å². The highest BCUT2D eigenvalue weighted by Crippen LogP contribution is 2.41. The maximum atomic E-state index is 6.04. The second kappa shape index (κ2) is 6.10. The van der Waals surface area contributed by atoms with Gasteiger partial charge in [0.2, 0.25) is 0 Å². The van der Waals surface area contributed by atoms with Gasteiger partial charge in [-0.1, -0.05) is 13.8 Å². The number of benzene rings is 1. The van der Waals surface area contributed by atoms with Crippen LogP contribution in [0.2, 0.25) is 0 Å². The molecule has 0 aliphatic carbocycles. The summed E-state index contributed by atoms with van der Waals surface area (Å²) in [4.78, 5) is 0. The topological polar surface area (TPSA) is 44.5 Å². The highest BCUT2D eigenvalue weighted by Gasteiger charge is 2.32. The molecule has 18 heavy (non-hydrogen) atoms. The fraction of sp³-hybridized carbons (Fsp3) is 0.600. The first-order chi connectivity index (χ1) is 8.58. The Hall–Kier alpha value is -1.22. The molecule has 1 aromatic carbocycles. The Bertz CT molecular complexity index is 389. The Balaban J connectivity index is 3.46. The number of hydrogen-bond donors (Lipinski definition) is 1. The second-order valence-electron chi connectivity index (χ2n) is 4.71. The van der Waals surface area contributed by atoms with Crippen LogP contribution in [-0.4, -0.2) is 20.8 Å². The quantitative estimate of drug-likeness (QED) is 0.845. The average Bonchev–Trinajstić information content (AvgIpc) is 2.42. The number of aryl methyl sites for hydroxylation is 1. The third-order valence-corrected chi connectivity index (χ3v) is 4.00. The van der Waals surface area contributed by atoms with Crippen LogP contribution >= 0.6 is 0 Å². The summed E-state index contributed by atoms with van der Waals surface area (Å²) >= 11 is 0. The van der Waals surface area contributed by atoms with Crippen molar-refractivity contribution in [1.29, 1.82) is 0 Å². The zero-order chi connectivity index (χ0) is 13.8. The highest BCUT2D eigenvalue weighted by molar-refractivity contribution is 5.50. The maximum absolute atomic E-state index is 6.04. The first kappa shape index (κ1) is 14.8. The molecule has 0 radical (unpaired) electrons. The minimum atomic E-state index is -0.0122. The van der Waals surface area contributed by atoms with Gasteiger partial charge < -0.3 is 15.2 Å². The van der Waals surface area contributed by atoms with Crippen molar-refractivity contribution in [2.45, 2.75) is 39.0 Å². The van der Waals surface area contributed by atoms with Gasteiger partial charge in [-0.3, -0.25) is 0 Å². The summed E-state index contributed by atoms with van der Waals surface area (Å²) in [5.74, 6) is 1.70. The van der Waals surface area contributed by atoms with Crippen molar-refractivity contribution < 1.29 is 9.47 Å². The molecule has 3 heteroatoms. The predicted molar refractivity (Wildman–Crippen MR) is 75.6 cm³/mol. The van der Waals surface area contributed by atoms with Gasteiger partial charge in [0.15, 0.2) is 0 Å². The van der Waals surface area contributed by atoms with Crippen molar-refractivity contribution >= 4 is 0 Å². The van der Waals surface area contributed by atoms with Crippen molar-refractivity contribution in [3.05, 3.63) is 23.3 Å². The molecule has 1 rings (SSSR count). The van der Waals surface area contributed by atoms with E-state index in [0.717, 1.165) is 24.3 Å². The zero-order valence-electron chi connectivity index (χ0n) is 12.2. The van der Waals surface area contributed by atoms with Crippen molar-refractivity contribution in [3.63, 3.8) is 0 Å². The molecule has 102 valence electrons. The van der Waals surface area contributed by atoms with Crippen LogP contribution in [-0.2, 0) is 5.41 Å². The van der Waals surface area contributed by atoms with Gasteiger partial charge in [-0.05, 0) is 31.4 Å². The fourth-order valence-corrected chi connectivity index (χ4v) is 2.68. The van der Waals surface area contributed by atoms with E-state index in [9.17, 15) is 0 Å². The zero-order valence-corrected chi connectivity index (χ0v) is 12.2. The van der Waals surface area contributed by atoms with Crippen LogP contribution in [0.3, 0.4) is 0 Å². The molecule has 2 N–H and O–H groups in total. The molecule has 0 fully saturated rings. The van der Waals surface area contributed by atoms with Crippen LogP contribution in [0.4, 0.5) is 0 Å². The number of nitrogens with two attached hydrogens (primary N) is 1. The lowest BCUT2D eigenvalue weighted by atomic mass is 9.73. The Morgan fingerprint density at radius 1 is 1.11 bits per heavy atom. The van der Waals surface area contributed by atoms with E-state index in [1.807, 2.05) is 12.1 Å². The van der Waals surface area contributed by atoms with E-state index in [1.165, 1.54) is 11.1 Å². The van der Waals surface area contributed by atoms with Crippen molar-refractivity contribution in [3.8, 4) is 11.5 Å². The van der Waals surface area contributed by atoms with Gasteiger partial charge in [-0.25, -0.2) is 0 Å². The standard InChI is InChI=1S/C15H25NO2/c1-6-15(7-2,10-16)14-11(3)8-12(17-4)9-13(14)18-5/h8-9H,6-7,10,16H2,1-5H3. The molecule has 0 amide bonds. The molecule has 0 saturated carbocycles. The maximum Gasteiger partial charge on any atom is 0.126 e. The number of methoxy groups -OCH3 is 2. The van der Waals surface area contributed by atoms with E-state index in [-0.39, 0.29) is 5.41 Å². The van der Waals surface area contributed by atoms with Gasteiger partial charge in [0.25, 0.3) is 0 Å². The summed E-state index contributed by atoms with van der Waals surface area (Å²) in [5, 5.41) is 0. The number of hydrogen-bond acceptors (Lipinski definition) is 3. The molecule has 0 aromatic heterocycles. The van der Waals surface area contributed by atoms with Crippen LogP contribution in [0.25, 0.3) is 0 Å². The lowest BCUT2D eigenvalue weighted by molar-refractivity contribution is 0.352. The van der Waals surface area contributed by atoms with E-state index in [0.29, 0.717) is 6.54 Å². The summed E-state index contributed by atoms with van der Waals surface area (Å²) in [6.07, 6.45) is 2.01. The summed E-state index contributed by atoms with van der Waals surface area (Å²) in [7, 11) is 3.37. The Kier molecular flexibility index (Phi) is 5.03. The van der Waals surface area contributed by atoms with Crippen LogP contribution in [0, 0.1) is 6.92 Å². The fourth-order valence-electron chi connectivity index (χ4n) is 2.68. The van der Waals surface area contributed by atoms with Crippen molar-refractivity contribution in [2.75, 3.05) is 20.8 Å². The normalized spacial score (nSPS) is 11.4. The smallest absolute Gasteiger partial charge is 0.126 e. The largest absolute Gasteiger partial charge is 0.497 e. The van der Waals surface area contributed by atoms with Crippen LogP contribution in [0.15, 0.2) is 12.1 Å². The molecule has 0 unspecified atom stereocenters. The molecule has 1 aromatic rings. The average molecular weight is 251 g/mol. The second-order valence-corrected chi connectivity index (χ2v) is 4.71. The first-order valence-electron chi connectivity index (χ1n) is 6.51. The predicted octanol–water partition coefficient (Wildman–Crippen LogP) is 3.03. The molecule has 0 saturated heterocycles. The molecular weight excluding hydrogens is 226 g/mol. The minimum Gasteiger partial charge on any atom is -0.497 e. The molecule has 3 nitrogen and oxygen atoms in total. The van der Waals surface area contributed by atoms with E-state index < -0.39 is 0 Å². The van der Waals surface area contributed by atoms with Gasteiger partial charge >= 0.3 is 0 Å². The van der Waals surface area contributed by atoms with E-state index in [2.05, 4.69) is 20.8 Å². The summed E-state index contributed by atoms with van der Waals surface area (Å²) in [6.45, 7) is 7.08. The van der Waals surface area contributed by atoms with E-state index >= 15 is 0 Å². The number of rotatable bonds is 6. The lowest BCUT2D eigenvalue weighted by Gasteiger charge is -2.34. The Labute approximate surface area is 110 Å². The van der Waals surface area contributed by atoms with Gasteiger partial charge in [-0.15, -0.1) is 0 Å². The number of ether oxygens (including phenoxy) is 2. The summed E-state index contributed by atoms with van der Waals surface area (Å²) < 4.78 is 10.8. The van der Waals surface area contributed by atoms with E-state index in [1.54, 1.807) is 14.2 Å². The summed E-state index contributed by atoms with van der Waals surface area (Å²) in [5.41, 5.74) is 8.43. The van der Waals surface area contributed by atoms with Crippen LogP contribution in [0.5, 0.6) is 11.5 Å². The molecule has 0 aliphatic rings. The highest BCUT2D eigenvalue weighted by atomic mass is 16.5. The molecular formula is C15H25NO2. The van der Waals surface area contributed by atoms with E-state index in [4.69, 9.17) is 15.2 Å². The molecule has 0 heterocycles. The third kappa shape index (κ3) is 2.46. The first-order valence-corrected chi connectivity index (χ1v) is 6.51. The molecule has 0 aliphatic heterocycles. The van der Waals surface area contributed by atoms with Gasteiger partial charge in [0.05, 0.1) is 14.2 Å². The molecule has 0 bridgehead atoms. The monoisotopic (exact) mass is 251 g/mol. The Morgan fingerprint density at radius 3 is 2.11 bits per heavy atom. The minimum absolute atomic E-state index is 0.0122. The SMILES string of the molecule is CCC(CC)(CN)c1c(C)cc(OC)cc1OC. The molecule has 0 spiro atoms. The Morgan fingerprint density at radius 2 is 1.72 bits per heavy atom. The van der Waals surface area contributed by atoms with Gasteiger partial charge in [-0.2, -0.15) is 0 Å². The lowest BCUT2D eigenvalue weighted by Crippen LogP contribution is -2.35. The molecule has 0 atom stereocenters. The van der Waals surface area contributed by atoms with Gasteiger partial charge in [0, 0.05) is 23.6 Å². The van der Waals surface area contributed by atoms with Gasteiger partial charge in [0.1, 0.15) is 11.5 Å². The summed E-state index contributed by atoms with van der Waals surface area (Å²) in [6, 6.07) is 3.99.